The van der Waals surface area contributed by atoms with Crippen molar-refractivity contribution in [2.45, 2.75) is 46.1 Å². The van der Waals surface area contributed by atoms with Gasteiger partial charge < -0.3 is 10.1 Å². The van der Waals surface area contributed by atoms with Gasteiger partial charge in [-0.1, -0.05) is 6.92 Å². The molecule has 0 saturated carbocycles. The molecule has 0 aromatic rings. The predicted molar refractivity (Wildman–Crippen MR) is 53.5 cm³/mol. The fraction of sp³-hybridized carbons (Fsp3) is 1.00. The van der Waals surface area contributed by atoms with Gasteiger partial charge in [-0.3, -0.25) is 0 Å². The number of unbranched alkanes of at least 4 members (excludes halogenated alkanes) is 1. The molecule has 0 fully saturated rings. The SMILES string of the molecule is CCOCCCCNC(C)CC. The lowest BCUT2D eigenvalue weighted by molar-refractivity contribution is 0.143. The highest BCUT2D eigenvalue weighted by molar-refractivity contribution is 4.56. The molecular formula is C10H23NO. The van der Waals surface area contributed by atoms with E-state index in [1.165, 1.54) is 19.3 Å². The molecule has 1 atom stereocenters. The van der Waals surface area contributed by atoms with Crippen LogP contribution in [0.5, 0.6) is 0 Å². The van der Waals surface area contributed by atoms with Crippen LogP contribution in [0.25, 0.3) is 0 Å². The minimum absolute atomic E-state index is 0.664. The fourth-order valence-corrected chi connectivity index (χ4v) is 0.966. The molecule has 2 heteroatoms. The standard InChI is InChI=1S/C10H23NO/c1-4-10(3)11-8-6-7-9-12-5-2/h10-11H,4-9H2,1-3H3. The highest BCUT2D eigenvalue weighted by Gasteiger charge is 1.95. The molecule has 0 radical (unpaired) electrons. The van der Waals surface area contributed by atoms with Gasteiger partial charge in [-0.2, -0.15) is 0 Å². The van der Waals surface area contributed by atoms with Gasteiger partial charge in [-0.05, 0) is 39.7 Å². The van der Waals surface area contributed by atoms with E-state index in [-0.39, 0.29) is 0 Å². The summed E-state index contributed by atoms with van der Waals surface area (Å²) in [7, 11) is 0. The van der Waals surface area contributed by atoms with E-state index in [1.807, 2.05) is 6.92 Å². The second kappa shape index (κ2) is 9.01. The molecule has 1 unspecified atom stereocenters. The van der Waals surface area contributed by atoms with Gasteiger partial charge in [0, 0.05) is 19.3 Å². The molecule has 0 heterocycles. The van der Waals surface area contributed by atoms with Crippen molar-refractivity contribution in [1.29, 1.82) is 0 Å². The maximum Gasteiger partial charge on any atom is 0.0466 e. The van der Waals surface area contributed by atoms with E-state index in [0.717, 1.165) is 19.8 Å². The zero-order valence-electron chi connectivity index (χ0n) is 8.73. The molecule has 0 amide bonds. The van der Waals surface area contributed by atoms with Crippen molar-refractivity contribution in [1.82, 2.24) is 5.32 Å². The van der Waals surface area contributed by atoms with Crippen LogP contribution in [0.1, 0.15) is 40.0 Å². The predicted octanol–water partition coefficient (Wildman–Crippen LogP) is 2.19. The van der Waals surface area contributed by atoms with Gasteiger partial charge in [0.25, 0.3) is 0 Å². The van der Waals surface area contributed by atoms with Crippen LogP contribution in [0.4, 0.5) is 0 Å². The summed E-state index contributed by atoms with van der Waals surface area (Å²) in [6.45, 7) is 9.36. The Kier molecular flexibility index (Phi) is 8.95. The molecule has 0 aliphatic rings. The van der Waals surface area contributed by atoms with Crippen LogP contribution in [-0.2, 0) is 4.74 Å². The minimum Gasteiger partial charge on any atom is -0.382 e. The molecule has 0 aromatic heterocycles. The quantitative estimate of drug-likeness (QED) is 0.568. The second-order valence-electron chi connectivity index (χ2n) is 3.17. The Hall–Kier alpha value is -0.0800. The summed E-state index contributed by atoms with van der Waals surface area (Å²) in [6, 6.07) is 0.664. The molecule has 74 valence electrons. The summed E-state index contributed by atoms with van der Waals surface area (Å²) >= 11 is 0. The van der Waals surface area contributed by atoms with Crippen molar-refractivity contribution in [3.63, 3.8) is 0 Å². The molecular weight excluding hydrogens is 150 g/mol. The lowest BCUT2D eigenvalue weighted by Gasteiger charge is -2.10. The van der Waals surface area contributed by atoms with Gasteiger partial charge in [-0.25, -0.2) is 0 Å². The highest BCUT2D eigenvalue weighted by atomic mass is 16.5. The van der Waals surface area contributed by atoms with Crippen LogP contribution < -0.4 is 5.32 Å². The van der Waals surface area contributed by atoms with Crippen LogP contribution in [0, 0.1) is 0 Å². The third-order valence-electron chi connectivity index (χ3n) is 2.02. The van der Waals surface area contributed by atoms with Crippen LogP contribution in [0.15, 0.2) is 0 Å². The number of hydrogen-bond acceptors (Lipinski definition) is 2. The minimum atomic E-state index is 0.664. The lowest BCUT2D eigenvalue weighted by atomic mass is 10.2. The van der Waals surface area contributed by atoms with Crippen molar-refractivity contribution < 1.29 is 4.74 Å². The normalized spacial score (nSPS) is 13.2. The van der Waals surface area contributed by atoms with E-state index in [2.05, 4.69) is 19.2 Å². The molecule has 0 aliphatic heterocycles. The Morgan fingerprint density at radius 2 is 2.00 bits per heavy atom. The highest BCUT2D eigenvalue weighted by Crippen LogP contribution is 1.91. The smallest absolute Gasteiger partial charge is 0.0466 e. The molecule has 0 rings (SSSR count). The first-order valence-electron chi connectivity index (χ1n) is 5.12. The number of hydrogen-bond donors (Lipinski definition) is 1. The lowest BCUT2D eigenvalue weighted by Crippen LogP contribution is -2.26. The Morgan fingerprint density at radius 1 is 1.25 bits per heavy atom. The van der Waals surface area contributed by atoms with E-state index in [1.54, 1.807) is 0 Å². The van der Waals surface area contributed by atoms with Gasteiger partial charge in [0.1, 0.15) is 0 Å². The summed E-state index contributed by atoms with van der Waals surface area (Å²) in [5.41, 5.74) is 0. The molecule has 0 bridgehead atoms. The van der Waals surface area contributed by atoms with E-state index in [9.17, 15) is 0 Å². The maximum absolute atomic E-state index is 5.24. The monoisotopic (exact) mass is 173 g/mol. The van der Waals surface area contributed by atoms with Crippen LogP contribution in [-0.4, -0.2) is 25.8 Å². The summed E-state index contributed by atoms with van der Waals surface area (Å²) < 4.78 is 5.24. The van der Waals surface area contributed by atoms with Gasteiger partial charge in [0.15, 0.2) is 0 Å². The van der Waals surface area contributed by atoms with Crippen LogP contribution in [0.2, 0.25) is 0 Å². The molecule has 1 N–H and O–H groups in total. The third kappa shape index (κ3) is 8.02. The number of rotatable bonds is 8. The zero-order chi connectivity index (χ0) is 9.23. The van der Waals surface area contributed by atoms with E-state index in [0.29, 0.717) is 6.04 Å². The average Bonchev–Trinajstić information content (AvgIpc) is 2.10. The van der Waals surface area contributed by atoms with Crippen LogP contribution in [0.3, 0.4) is 0 Å². The first kappa shape index (κ1) is 11.9. The number of ether oxygens (including phenoxy) is 1. The summed E-state index contributed by atoms with van der Waals surface area (Å²) in [5.74, 6) is 0. The summed E-state index contributed by atoms with van der Waals surface area (Å²) in [5, 5.41) is 3.45. The van der Waals surface area contributed by atoms with Gasteiger partial charge >= 0.3 is 0 Å². The first-order chi connectivity index (χ1) is 5.81. The largest absolute Gasteiger partial charge is 0.382 e. The Bertz CT molecular complexity index is 85.9. The van der Waals surface area contributed by atoms with Crippen molar-refractivity contribution in [3.05, 3.63) is 0 Å². The van der Waals surface area contributed by atoms with E-state index < -0.39 is 0 Å². The van der Waals surface area contributed by atoms with Crippen molar-refractivity contribution >= 4 is 0 Å². The van der Waals surface area contributed by atoms with Gasteiger partial charge in [0.05, 0.1) is 0 Å². The molecule has 0 spiro atoms. The Morgan fingerprint density at radius 3 is 2.58 bits per heavy atom. The second-order valence-corrected chi connectivity index (χ2v) is 3.17. The molecule has 0 aliphatic carbocycles. The van der Waals surface area contributed by atoms with Gasteiger partial charge in [-0.15, -0.1) is 0 Å². The molecule has 0 aromatic carbocycles. The van der Waals surface area contributed by atoms with Crippen molar-refractivity contribution in [2.75, 3.05) is 19.8 Å². The number of nitrogens with one attached hydrogen (secondary N) is 1. The molecule has 2 nitrogen and oxygen atoms in total. The maximum atomic E-state index is 5.24. The summed E-state index contributed by atoms with van der Waals surface area (Å²) in [6.07, 6.45) is 3.62. The Labute approximate surface area is 76.7 Å². The summed E-state index contributed by atoms with van der Waals surface area (Å²) in [4.78, 5) is 0. The first-order valence-corrected chi connectivity index (χ1v) is 5.12. The molecule has 0 saturated heterocycles. The van der Waals surface area contributed by atoms with Crippen molar-refractivity contribution in [2.24, 2.45) is 0 Å². The van der Waals surface area contributed by atoms with Crippen molar-refractivity contribution in [3.8, 4) is 0 Å². The van der Waals surface area contributed by atoms with Crippen LogP contribution >= 0.6 is 0 Å². The molecule has 12 heavy (non-hydrogen) atoms. The van der Waals surface area contributed by atoms with Gasteiger partial charge in [0.2, 0.25) is 0 Å². The third-order valence-corrected chi connectivity index (χ3v) is 2.02. The topological polar surface area (TPSA) is 21.3 Å². The average molecular weight is 173 g/mol. The van der Waals surface area contributed by atoms with E-state index in [4.69, 9.17) is 4.74 Å². The zero-order valence-corrected chi connectivity index (χ0v) is 8.73. The Balaban J connectivity index is 2.90. The van der Waals surface area contributed by atoms with E-state index >= 15 is 0 Å². The fourth-order valence-electron chi connectivity index (χ4n) is 0.966.